The van der Waals surface area contributed by atoms with Crippen LogP contribution < -0.4 is 10.6 Å². The fourth-order valence-corrected chi connectivity index (χ4v) is 4.90. The van der Waals surface area contributed by atoms with E-state index in [9.17, 15) is 9.59 Å². The SMILES string of the molecule is C1CCC(NC2CCCCC2)CC1.CC(C)(C)OC(=O)NC(Cc1cccs1)C(=O)O. The standard InChI is InChI=1S/C12H17NO4S.C12H23N/c1-12(2,3)17-11(16)13-9(10(14)15)7-8-5-4-6-18-8;1-3-7-11(8-4-1)13-12-9-5-2-6-10-12/h4-6,9H,7H2,1-3H3,(H,13,16)(H,14,15);11-13H,1-10H2. The molecule has 0 saturated heterocycles. The average molecular weight is 453 g/mol. The van der Waals surface area contributed by atoms with Gasteiger partial charge in [0.1, 0.15) is 11.6 Å². The van der Waals surface area contributed by atoms with Gasteiger partial charge in [-0.3, -0.25) is 0 Å². The Hall–Kier alpha value is -1.60. The summed E-state index contributed by atoms with van der Waals surface area (Å²) in [5.74, 6) is -1.07. The van der Waals surface area contributed by atoms with Gasteiger partial charge in [0.05, 0.1) is 0 Å². The van der Waals surface area contributed by atoms with E-state index in [1.165, 1.54) is 75.5 Å². The number of aliphatic carboxylic acids is 1. The summed E-state index contributed by atoms with van der Waals surface area (Å²) in [5, 5.41) is 17.1. The quantitative estimate of drug-likeness (QED) is 0.530. The summed E-state index contributed by atoms with van der Waals surface area (Å²) in [7, 11) is 0. The molecule has 3 N–H and O–H groups in total. The molecular formula is C24H40N2O4S. The maximum absolute atomic E-state index is 11.5. The van der Waals surface area contributed by atoms with E-state index in [2.05, 4.69) is 10.6 Å². The Morgan fingerprint density at radius 3 is 2.03 bits per heavy atom. The predicted molar refractivity (Wildman–Crippen MR) is 126 cm³/mol. The smallest absolute Gasteiger partial charge is 0.408 e. The number of carboxylic acid groups (broad SMARTS) is 1. The zero-order valence-electron chi connectivity index (χ0n) is 19.3. The van der Waals surface area contributed by atoms with Gasteiger partial charge in [-0.25, -0.2) is 9.59 Å². The summed E-state index contributed by atoms with van der Waals surface area (Å²) in [6.07, 6.45) is 14.1. The van der Waals surface area contributed by atoms with Crippen molar-refractivity contribution < 1.29 is 19.4 Å². The zero-order chi connectivity index (χ0) is 22.7. The van der Waals surface area contributed by atoms with Crippen LogP contribution in [0.1, 0.15) is 89.9 Å². The van der Waals surface area contributed by atoms with Gasteiger partial charge in [0.25, 0.3) is 0 Å². The lowest BCUT2D eigenvalue weighted by Gasteiger charge is -2.30. The Labute approximate surface area is 191 Å². The van der Waals surface area contributed by atoms with Crippen LogP contribution >= 0.6 is 11.3 Å². The monoisotopic (exact) mass is 452 g/mol. The van der Waals surface area contributed by atoms with E-state index < -0.39 is 23.7 Å². The molecule has 2 saturated carbocycles. The lowest BCUT2D eigenvalue weighted by molar-refractivity contribution is -0.139. The van der Waals surface area contributed by atoms with Gasteiger partial charge in [-0.05, 0) is 57.9 Å². The van der Waals surface area contributed by atoms with Gasteiger partial charge in [0.15, 0.2) is 0 Å². The number of hydrogen-bond acceptors (Lipinski definition) is 5. The van der Waals surface area contributed by atoms with Gasteiger partial charge >= 0.3 is 12.1 Å². The molecule has 0 aliphatic heterocycles. The summed E-state index contributed by atoms with van der Waals surface area (Å²) in [6, 6.07) is 4.44. The molecule has 0 aromatic carbocycles. The molecular weight excluding hydrogens is 412 g/mol. The summed E-state index contributed by atoms with van der Waals surface area (Å²) in [4.78, 5) is 23.5. The maximum atomic E-state index is 11.5. The van der Waals surface area contributed by atoms with E-state index in [1.54, 1.807) is 20.8 Å². The molecule has 2 aliphatic rings. The second-order valence-electron chi connectivity index (χ2n) is 9.66. The molecule has 2 fully saturated rings. The molecule has 1 amide bonds. The summed E-state index contributed by atoms with van der Waals surface area (Å²) < 4.78 is 5.03. The number of carboxylic acids is 1. The highest BCUT2D eigenvalue weighted by Gasteiger charge is 2.24. The van der Waals surface area contributed by atoms with Crippen LogP contribution in [0.5, 0.6) is 0 Å². The molecule has 1 aromatic heterocycles. The van der Waals surface area contributed by atoms with Crippen molar-refractivity contribution in [2.24, 2.45) is 0 Å². The molecule has 0 spiro atoms. The van der Waals surface area contributed by atoms with Gasteiger partial charge in [-0.2, -0.15) is 0 Å². The molecule has 7 heteroatoms. The number of hydrogen-bond donors (Lipinski definition) is 3. The Bertz CT molecular complexity index is 629. The highest BCUT2D eigenvalue weighted by atomic mass is 32.1. The van der Waals surface area contributed by atoms with Crippen LogP contribution in [0.2, 0.25) is 0 Å². The molecule has 6 nitrogen and oxygen atoms in total. The molecule has 2 aliphatic carbocycles. The van der Waals surface area contributed by atoms with Gasteiger partial charge in [0, 0.05) is 23.4 Å². The highest BCUT2D eigenvalue weighted by molar-refractivity contribution is 7.09. The molecule has 1 unspecified atom stereocenters. The van der Waals surface area contributed by atoms with Crippen molar-refractivity contribution in [1.82, 2.24) is 10.6 Å². The molecule has 31 heavy (non-hydrogen) atoms. The molecule has 1 atom stereocenters. The van der Waals surface area contributed by atoms with E-state index in [1.807, 2.05) is 17.5 Å². The molecule has 1 heterocycles. The molecule has 1 aromatic rings. The normalized spacial score (nSPS) is 19.1. The number of alkyl carbamates (subject to hydrolysis) is 1. The molecule has 0 bridgehead atoms. The summed E-state index contributed by atoms with van der Waals surface area (Å²) in [5.41, 5.74) is -0.643. The number of ether oxygens (including phenoxy) is 1. The van der Waals surface area contributed by atoms with Crippen molar-refractivity contribution in [1.29, 1.82) is 0 Å². The van der Waals surface area contributed by atoms with Crippen LogP contribution in [0, 0.1) is 0 Å². The van der Waals surface area contributed by atoms with Crippen LogP contribution in [0.15, 0.2) is 17.5 Å². The van der Waals surface area contributed by atoms with Gasteiger partial charge in [-0.15, -0.1) is 11.3 Å². The highest BCUT2D eigenvalue weighted by Crippen LogP contribution is 2.22. The van der Waals surface area contributed by atoms with Crippen molar-refractivity contribution in [3.05, 3.63) is 22.4 Å². The van der Waals surface area contributed by atoms with Gasteiger partial charge < -0.3 is 20.5 Å². The third-order valence-corrected chi connectivity index (χ3v) is 6.55. The second kappa shape index (κ2) is 13.1. The first-order valence-corrected chi connectivity index (χ1v) is 12.6. The first-order chi connectivity index (χ1) is 14.7. The zero-order valence-corrected chi connectivity index (χ0v) is 20.1. The van der Waals surface area contributed by atoms with Crippen LogP contribution in [0.3, 0.4) is 0 Å². The van der Waals surface area contributed by atoms with Crippen molar-refractivity contribution in [3.8, 4) is 0 Å². The number of nitrogens with one attached hydrogen (secondary N) is 2. The van der Waals surface area contributed by atoms with Crippen LogP contribution in [-0.4, -0.2) is 40.9 Å². The number of carbonyl (C=O) groups excluding carboxylic acids is 1. The number of thiophene rings is 1. The summed E-state index contributed by atoms with van der Waals surface area (Å²) >= 11 is 1.45. The predicted octanol–water partition coefficient (Wildman–Crippen LogP) is 5.51. The lowest BCUT2D eigenvalue weighted by atomic mass is 9.91. The first kappa shape index (κ1) is 25.7. The molecule has 176 valence electrons. The van der Waals surface area contributed by atoms with Crippen molar-refractivity contribution >= 4 is 23.4 Å². The van der Waals surface area contributed by atoms with Crippen LogP contribution in [-0.2, 0) is 16.0 Å². The minimum atomic E-state index is -1.07. The van der Waals surface area contributed by atoms with E-state index in [0.29, 0.717) is 0 Å². The fraction of sp³-hybridized carbons (Fsp3) is 0.750. The largest absolute Gasteiger partial charge is 0.480 e. The average Bonchev–Trinajstić information content (AvgIpc) is 3.21. The van der Waals surface area contributed by atoms with Gasteiger partial charge in [-0.1, -0.05) is 44.6 Å². The Morgan fingerprint density at radius 1 is 1.06 bits per heavy atom. The third kappa shape index (κ3) is 11.0. The van der Waals surface area contributed by atoms with E-state index >= 15 is 0 Å². The fourth-order valence-electron chi connectivity index (χ4n) is 4.15. The first-order valence-electron chi connectivity index (χ1n) is 11.7. The topological polar surface area (TPSA) is 87.7 Å². The number of rotatable bonds is 6. The van der Waals surface area contributed by atoms with E-state index in [-0.39, 0.29) is 6.42 Å². The van der Waals surface area contributed by atoms with Crippen molar-refractivity contribution in [2.75, 3.05) is 0 Å². The second-order valence-corrected chi connectivity index (χ2v) is 10.7. The lowest BCUT2D eigenvalue weighted by Crippen LogP contribution is -2.44. The molecule has 0 radical (unpaired) electrons. The molecule has 3 rings (SSSR count). The number of amides is 1. The van der Waals surface area contributed by atoms with Crippen LogP contribution in [0.25, 0.3) is 0 Å². The Balaban J connectivity index is 0.000000231. The van der Waals surface area contributed by atoms with Gasteiger partial charge in [0.2, 0.25) is 0 Å². The Morgan fingerprint density at radius 2 is 1.61 bits per heavy atom. The van der Waals surface area contributed by atoms with Crippen molar-refractivity contribution in [3.63, 3.8) is 0 Å². The minimum Gasteiger partial charge on any atom is -0.480 e. The summed E-state index contributed by atoms with van der Waals surface area (Å²) in [6.45, 7) is 5.17. The van der Waals surface area contributed by atoms with Crippen molar-refractivity contribution in [2.45, 2.75) is 115 Å². The van der Waals surface area contributed by atoms with Crippen LogP contribution in [0.4, 0.5) is 4.79 Å². The van der Waals surface area contributed by atoms with E-state index in [0.717, 1.165) is 17.0 Å². The maximum Gasteiger partial charge on any atom is 0.408 e. The third-order valence-electron chi connectivity index (χ3n) is 5.66. The number of carbonyl (C=O) groups is 2. The minimum absolute atomic E-state index is 0.256. The Kier molecular flexibility index (Phi) is 10.8. The van der Waals surface area contributed by atoms with E-state index in [4.69, 9.17) is 9.84 Å².